The molecule has 2 nitrogen and oxygen atoms in total. The van der Waals surface area contributed by atoms with Gasteiger partial charge in [0.2, 0.25) is 0 Å². The highest BCUT2D eigenvalue weighted by Gasteiger charge is 2.38. The van der Waals surface area contributed by atoms with Gasteiger partial charge >= 0.3 is 0 Å². The van der Waals surface area contributed by atoms with Gasteiger partial charge in [-0.25, -0.2) is 0 Å². The zero-order valence-corrected chi connectivity index (χ0v) is 10.3. The first-order valence-corrected chi connectivity index (χ1v) is 6.25. The first-order valence-electron chi connectivity index (χ1n) is 6.25. The lowest BCUT2D eigenvalue weighted by Crippen LogP contribution is -2.56. The molecule has 0 unspecified atom stereocenters. The van der Waals surface area contributed by atoms with E-state index in [1.165, 1.54) is 38.9 Å². The van der Waals surface area contributed by atoms with E-state index in [0.29, 0.717) is 11.0 Å². The Kier molecular flexibility index (Phi) is 2.80. The molecule has 0 radical (unpaired) electrons. The van der Waals surface area contributed by atoms with Crippen LogP contribution < -0.4 is 5.32 Å². The second-order valence-corrected chi connectivity index (χ2v) is 5.79. The molecule has 1 fully saturated rings. The molecule has 2 rings (SSSR count). The van der Waals surface area contributed by atoms with Crippen LogP contribution in [-0.2, 0) is 0 Å². The molecule has 0 aromatic carbocycles. The van der Waals surface area contributed by atoms with Gasteiger partial charge in [0, 0.05) is 30.6 Å². The summed E-state index contributed by atoms with van der Waals surface area (Å²) in [5, 5.41) is 3.38. The van der Waals surface area contributed by atoms with Crippen LogP contribution in [0, 0.1) is 5.41 Å². The maximum absolute atomic E-state index is 3.38. The molecule has 1 N–H and O–H groups in total. The predicted octanol–water partition coefficient (Wildman–Crippen LogP) is 2.37. The quantitative estimate of drug-likeness (QED) is 0.766. The Balaban J connectivity index is 1.99. The lowest BCUT2D eigenvalue weighted by Gasteiger charge is -2.48. The van der Waals surface area contributed by atoms with Gasteiger partial charge in [0.15, 0.2) is 0 Å². The van der Waals surface area contributed by atoms with Crippen LogP contribution in [-0.4, -0.2) is 30.1 Å². The van der Waals surface area contributed by atoms with Crippen LogP contribution in [0.5, 0.6) is 0 Å². The molecular formula is C13H24N2. The normalized spacial score (nSPS) is 24.3. The number of hydrogen-bond donors (Lipinski definition) is 1. The third kappa shape index (κ3) is 2.05. The predicted molar refractivity (Wildman–Crippen MR) is 64.8 cm³/mol. The molecule has 0 amide bonds. The Morgan fingerprint density at radius 3 is 2.53 bits per heavy atom. The third-order valence-corrected chi connectivity index (χ3v) is 4.05. The zero-order valence-electron chi connectivity index (χ0n) is 10.3. The monoisotopic (exact) mass is 208 g/mol. The van der Waals surface area contributed by atoms with Crippen LogP contribution in [0.3, 0.4) is 0 Å². The van der Waals surface area contributed by atoms with Crippen LogP contribution in [0.1, 0.15) is 40.0 Å². The van der Waals surface area contributed by atoms with Crippen molar-refractivity contribution >= 4 is 0 Å². The lowest BCUT2D eigenvalue weighted by atomic mass is 9.76. The maximum Gasteiger partial charge on any atom is 0.0340 e. The fourth-order valence-corrected chi connectivity index (χ4v) is 2.75. The highest BCUT2D eigenvalue weighted by Crippen LogP contribution is 2.35. The molecule has 2 heteroatoms. The van der Waals surface area contributed by atoms with Gasteiger partial charge in [0.25, 0.3) is 0 Å². The molecule has 2 heterocycles. The van der Waals surface area contributed by atoms with Gasteiger partial charge in [-0.3, -0.25) is 0 Å². The first kappa shape index (κ1) is 11.0. The van der Waals surface area contributed by atoms with E-state index in [1.54, 1.807) is 0 Å². The van der Waals surface area contributed by atoms with Gasteiger partial charge < -0.3 is 10.2 Å². The van der Waals surface area contributed by atoms with Crippen molar-refractivity contribution in [2.75, 3.05) is 19.6 Å². The molecule has 2 aliphatic heterocycles. The minimum Gasteiger partial charge on any atom is -0.373 e. The molecule has 0 saturated carbocycles. The molecule has 2 aliphatic rings. The second kappa shape index (κ2) is 3.82. The van der Waals surface area contributed by atoms with E-state index < -0.39 is 0 Å². The second-order valence-electron chi connectivity index (χ2n) is 5.79. The Labute approximate surface area is 93.7 Å². The van der Waals surface area contributed by atoms with Gasteiger partial charge in [0.1, 0.15) is 0 Å². The van der Waals surface area contributed by atoms with Gasteiger partial charge in [-0.05, 0) is 32.9 Å². The van der Waals surface area contributed by atoms with Crippen LogP contribution in [0.25, 0.3) is 0 Å². The molecule has 0 atom stereocenters. The number of hydrogen-bond acceptors (Lipinski definition) is 2. The summed E-state index contributed by atoms with van der Waals surface area (Å²) >= 11 is 0. The molecular weight excluding hydrogens is 184 g/mol. The topological polar surface area (TPSA) is 15.3 Å². The average Bonchev–Trinajstić information content (AvgIpc) is 2.15. The smallest absolute Gasteiger partial charge is 0.0340 e. The molecule has 0 aromatic heterocycles. The Morgan fingerprint density at radius 2 is 2.13 bits per heavy atom. The van der Waals surface area contributed by atoms with E-state index in [4.69, 9.17) is 0 Å². The van der Waals surface area contributed by atoms with E-state index in [2.05, 4.69) is 43.3 Å². The van der Waals surface area contributed by atoms with Crippen LogP contribution in [0.2, 0.25) is 0 Å². The highest BCUT2D eigenvalue weighted by molar-refractivity contribution is 5.12. The van der Waals surface area contributed by atoms with E-state index in [9.17, 15) is 0 Å². The summed E-state index contributed by atoms with van der Waals surface area (Å²) in [4.78, 5) is 2.53. The van der Waals surface area contributed by atoms with Crippen molar-refractivity contribution in [2.24, 2.45) is 5.41 Å². The molecule has 0 aromatic rings. The third-order valence-electron chi connectivity index (χ3n) is 4.05. The SMILES string of the molecule is CCCC(C)(C)N1C=CC2(CC1)CNC2. The highest BCUT2D eigenvalue weighted by atomic mass is 15.2. The Morgan fingerprint density at radius 1 is 1.40 bits per heavy atom. The average molecular weight is 208 g/mol. The molecule has 1 spiro atoms. The summed E-state index contributed by atoms with van der Waals surface area (Å²) in [5.41, 5.74) is 0.850. The van der Waals surface area contributed by atoms with E-state index >= 15 is 0 Å². The van der Waals surface area contributed by atoms with E-state index in [0.717, 1.165) is 0 Å². The van der Waals surface area contributed by atoms with Crippen molar-refractivity contribution in [1.82, 2.24) is 10.2 Å². The summed E-state index contributed by atoms with van der Waals surface area (Å²) in [6.07, 6.45) is 8.65. The van der Waals surface area contributed by atoms with Crippen LogP contribution >= 0.6 is 0 Å². The van der Waals surface area contributed by atoms with Crippen molar-refractivity contribution in [1.29, 1.82) is 0 Å². The number of nitrogens with zero attached hydrogens (tertiary/aromatic N) is 1. The lowest BCUT2D eigenvalue weighted by molar-refractivity contribution is 0.107. The van der Waals surface area contributed by atoms with E-state index in [1.807, 2.05) is 0 Å². The van der Waals surface area contributed by atoms with Crippen LogP contribution in [0.15, 0.2) is 12.3 Å². The Hall–Kier alpha value is -0.500. The maximum atomic E-state index is 3.38. The number of rotatable bonds is 3. The van der Waals surface area contributed by atoms with Crippen molar-refractivity contribution in [3.05, 3.63) is 12.3 Å². The van der Waals surface area contributed by atoms with Gasteiger partial charge in [-0.2, -0.15) is 0 Å². The van der Waals surface area contributed by atoms with Crippen molar-refractivity contribution < 1.29 is 0 Å². The molecule has 1 saturated heterocycles. The minimum atomic E-state index is 0.337. The van der Waals surface area contributed by atoms with Gasteiger partial charge in [-0.1, -0.05) is 19.4 Å². The van der Waals surface area contributed by atoms with E-state index in [-0.39, 0.29) is 0 Å². The number of nitrogens with one attached hydrogen (secondary N) is 1. The molecule has 15 heavy (non-hydrogen) atoms. The van der Waals surface area contributed by atoms with Gasteiger partial charge in [-0.15, -0.1) is 0 Å². The van der Waals surface area contributed by atoms with Crippen LogP contribution in [0.4, 0.5) is 0 Å². The standard InChI is InChI=1S/C13H24N2/c1-4-5-12(2,3)15-8-6-13(7-9-15)10-14-11-13/h6,8,14H,4-5,7,9-11H2,1-3H3. The minimum absolute atomic E-state index is 0.337. The first-order chi connectivity index (χ1) is 7.08. The largest absolute Gasteiger partial charge is 0.373 e. The molecule has 86 valence electrons. The van der Waals surface area contributed by atoms with Gasteiger partial charge in [0.05, 0.1) is 0 Å². The summed E-state index contributed by atoms with van der Waals surface area (Å²) in [6, 6.07) is 0. The summed E-state index contributed by atoms with van der Waals surface area (Å²) < 4.78 is 0. The van der Waals surface area contributed by atoms with Crippen molar-refractivity contribution in [2.45, 2.75) is 45.6 Å². The van der Waals surface area contributed by atoms with Crippen molar-refractivity contribution in [3.63, 3.8) is 0 Å². The summed E-state index contributed by atoms with van der Waals surface area (Å²) in [6.45, 7) is 10.6. The summed E-state index contributed by atoms with van der Waals surface area (Å²) in [5.74, 6) is 0. The summed E-state index contributed by atoms with van der Waals surface area (Å²) in [7, 11) is 0. The van der Waals surface area contributed by atoms with Crippen molar-refractivity contribution in [3.8, 4) is 0 Å². The fourth-order valence-electron chi connectivity index (χ4n) is 2.75. The molecule has 0 aliphatic carbocycles. The fraction of sp³-hybridized carbons (Fsp3) is 0.846. The zero-order chi connectivity index (χ0) is 10.9. The Bertz CT molecular complexity index is 251. The molecule has 0 bridgehead atoms.